The molecule has 3 aromatic rings. The van der Waals surface area contributed by atoms with Crippen molar-refractivity contribution >= 4 is 11.6 Å². The molecule has 0 aromatic heterocycles. The molecule has 3 rings (SSSR count). The number of carbonyl (C=O) groups excluding carboxylic acids is 1. The van der Waals surface area contributed by atoms with E-state index in [1.54, 1.807) is 0 Å². The molecule has 0 aliphatic heterocycles. The van der Waals surface area contributed by atoms with Crippen LogP contribution in [0, 0.1) is 11.6 Å². The van der Waals surface area contributed by atoms with Crippen molar-refractivity contribution in [2.45, 2.75) is 6.18 Å². The zero-order valence-corrected chi connectivity index (χ0v) is 15.2. The Kier molecular flexibility index (Phi) is 6.20. The Bertz CT molecular complexity index is 1020. The number of amides is 1. The number of benzene rings is 3. The van der Waals surface area contributed by atoms with Crippen LogP contribution in [0.1, 0.15) is 5.56 Å². The van der Waals surface area contributed by atoms with Gasteiger partial charge in [-0.1, -0.05) is 0 Å². The Morgan fingerprint density at radius 3 is 1.97 bits per heavy atom. The minimum Gasteiger partial charge on any atom is -0.484 e. The van der Waals surface area contributed by atoms with Crippen molar-refractivity contribution in [1.29, 1.82) is 0 Å². The number of anilines is 1. The largest absolute Gasteiger partial charge is 0.484 e. The number of carbonyl (C=O) groups is 1. The summed E-state index contributed by atoms with van der Waals surface area (Å²) >= 11 is 0. The first-order chi connectivity index (χ1) is 14.2. The number of ether oxygens (including phenoxy) is 2. The van der Waals surface area contributed by atoms with Gasteiger partial charge in [-0.15, -0.1) is 0 Å². The van der Waals surface area contributed by atoms with Crippen LogP contribution >= 0.6 is 0 Å². The maximum absolute atomic E-state index is 13.4. The molecular weight excluding hydrogens is 409 g/mol. The van der Waals surface area contributed by atoms with Crippen molar-refractivity contribution in [1.82, 2.24) is 0 Å². The van der Waals surface area contributed by atoms with Gasteiger partial charge in [0.1, 0.15) is 34.4 Å². The summed E-state index contributed by atoms with van der Waals surface area (Å²) in [5, 5.41) is 2.29. The van der Waals surface area contributed by atoms with E-state index < -0.39 is 41.6 Å². The molecule has 0 radical (unpaired) electrons. The second-order valence-corrected chi connectivity index (χ2v) is 6.06. The molecule has 0 saturated carbocycles. The molecule has 9 heteroatoms. The molecule has 3 aromatic carbocycles. The average Bonchev–Trinajstić information content (AvgIpc) is 2.69. The molecule has 30 heavy (non-hydrogen) atoms. The van der Waals surface area contributed by atoms with Gasteiger partial charge in [0.05, 0.1) is 0 Å². The highest BCUT2D eigenvalue weighted by Gasteiger charge is 2.35. The van der Waals surface area contributed by atoms with Crippen molar-refractivity contribution in [3.63, 3.8) is 0 Å². The maximum atomic E-state index is 13.4. The van der Waals surface area contributed by atoms with Crippen LogP contribution in [0.2, 0.25) is 0 Å². The van der Waals surface area contributed by atoms with Gasteiger partial charge in [-0.25, -0.2) is 8.78 Å². The van der Waals surface area contributed by atoms with E-state index >= 15 is 0 Å². The highest BCUT2D eigenvalue weighted by atomic mass is 19.4. The number of rotatable bonds is 6. The number of nitrogens with one attached hydrogen (secondary N) is 1. The minimum atomic E-state index is -4.76. The van der Waals surface area contributed by atoms with Crippen LogP contribution in [0.25, 0.3) is 0 Å². The van der Waals surface area contributed by atoms with Gasteiger partial charge in [-0.3, -0.25) is 4.79 Å². The monoisotopic (exact) mass is 423 g/mol. The van der Waals surface area contributed by atoms with E-state index in [4.69, 9.17) is 9.47 Å². The van der Waals surface area contributed by atoms with Crippen LogP contribution in [0.5, 0.6) is 17.2 Å². The molecule has 156 valence electrons. The summed E-state index contributed by atoms with van der Waals surface area (Å²) in [5.74, 6) is -2.00. The fraction of sp³-hybridized carbons (Fsp3) is 0.0952. The van der Waals surface area contributed by atoms with Crippen LogP contribution in [0.3, 0.4) is 0 Å². The van der Waals surface area contributed by atoms with E-state index in [0.717, 1.165) is 30.3 Å². The zero-order valence-electron chi connectivity index (χ0n) is 15.2. The third-order valence-electron chi connectivity index (χ3n) is 3.79. The Morgan fingerprint density at radius 1 is 0.833 bits per heavy atom. The lowest BCUT2D eigenvalue weighted by Crippen LogP contribution is -2.20. The van der Waals surface area contributed by atoms with Crippen molar-refractivity contribution in [3.05, 3.63) is 83.9 Å². The molecule has 0 saturated heterocycles. The Balaban J connectivity index is 1.71. The number of alkyl halides is 3. The molecule has 0 atom stereocenters. The molecule has 0 fully saturated rings. The number of hydrogen-bond donors (Lipinski definition) is 1. The highest BCUT2D eigenvalue weighted by molar-refractivity contribution is 5.92. The third-order valence-corrected chi connectivity index (χ3v) is 3.79. The van der Waals surface area contributed by atoms with Gasteiger partial charge in [-0.2, -0.15) is 13.2 Å². The molecule has 1 N–H and O–H groups in total. The fourth-order valence-corrected chi connectivity index (χ4v) is 2.42. The molecule has 1 amide bonds. The SMILES string of the molecule is O=C(COc1ccc(F)cc1)Nc1ccc(Oc2ccc(F)cc2)c(C(F)(F)F)c1. The van der Waals surface area contributed by atoms with E-state index in [0.29, 0.717) is 6.07 Å². The van der Waals surface area contributed by atoms with Gasteiger partial charge >= 0.3 is 6.18 Å². The normalized spacial score (nSPS) is 11.1. The van der Waals surface area contributed by atoms with Gasteiger partial charge in [0.2, 0.25) is 0 Å². The minimum absolute atomic E-state index is 0.0198. The molecule has 0 aliphatic rings. The predicted molar refractivity (Wildman–Crippen MR) is 98.4 cm³/mol. The second kappa shape index (κ2) is 8.81. The molecule has 0 heterocycles. The lowest BCUT2D eigenvalue weighted by molar-refractivity contribution is -0.138. The molecular formula is C21H14F5NO3. The maximum Gasteiger partial charge on any atom is 0.420 e. The highest BCUT2D eigenvalue weighted by Crippen LogP contribution is 2.39. The molecule has 0 aliphatic carbocycles. The second-order valence-electron chi connectivity index (χ2n) is 6.06. The predicted octanol–water partition coefficient (Wildman–Crippen LogP) is 5.79. The first-order valence-corrected chi connectivity index (χ1v) is 8.53. The third kappa shape index (κ3) is 5.69. The van der Waals surface area contributed by atoms with Crippen LogP contribution in [0.15, 0.2) is 66.7 Å². The van der Waals surface area contributed by atoms with Crippen molar-refractivity contribution < 1.29 is 36.2 Å². The summed E-state index contributed by atoms with van der Waals surface area (Å²) in [6.45, 7) is -0.485. The first kappa shape index (κ1) is 21.1. The standard InChI is InChI=1S/C21H14F5NO3/c22-13-1-6-16(7-2-13)29-12-20(28)27-15-5-10-19(18(11-15)21(24,25)26)30-17-8-3-14(23)4-9-17/h1-11H,12H2,(H,27,28). The number of halogens is 5. The van der Waals surface area contributed by atoms with E-state index in [1.807, 2.05) is 0 Å². The Hall–Kier alpha value is -3.62. The summed E-state index contributed by atoms with van der Waals surface area (Å²) in [6, 6.07) is 12.4. The van der Waals surface area contributed by atoms with Crippen LogP contribution in [-0.4, -0.2) is 12.5 Å². The smallest absolute Gasteiger partial charge is 0.420 e. The summed E-state index contributed by atoms with van der Waals surface area (Å²) in [5.41, 5.74) is -1.24. The molecule has 0 bridgehead atoms. The van der Waals surface area contributed by atoms with E-state index in [1.165, 1.54) is 30.3 Å². The van der Waals surface area contributed by atoms with Crippen LogP contribution in [0.4, 0.5) is 27.6 Å². The van der Waals surface area contributed by atoms with Gasteiger partial charge in [-0.05, 0) is 66.7 Å². The van der Waals surface area contributed by atoms with Gasteiger partial charge < -0.3 is 14.8 Å². The lowest BCUT2D eigenvalue weighted by atomic mass is 10.1. The molecule has 0 spiro atoms. The van der Waals surface area contributed by atoms with Crippen molar-refractivity contribution in [3.8, 4) is 17.2 Å². The molecule has 4 nitrogen and oxygen atoms in total. The van der Waals surface area contributed by atoms with Crippen LogP contribution in [-0.2, 0) is 11.0 Å². The van der Waals surface area contributed by atoms with E-state index in [9.17, 15) is 26.7 Å². The quantitative estimate of drug-likeness (QED) is 0.511. The summed E-state index contributed by atoms with van der Waals surface area (Å²) in [6.07, 6.45) is -4.76. The molecule has 0 unspecified atom stereocenters. The number of hydrogen-bond acceptors (Lipinski definition) is 3. The summed E-state index contributed by atoms with van der Waals surface area (Å²) in [7, 11) is 0. The topological polar surface area (TPSA) is 47.6 Å². The summed E-state index contributed by atoms with van der Waals surface area (Å²) in [4.78, 5) is 12.0. The first-order valence-electron chi connectivity index (χ1n) is 8.53. The Labute approximate surface area is 167 Å². The Morgan fingerprint density at radius 2 is 1.40 bits per heavy atom. The van der Waals surface area contributed by atoms with Gasteiger partial charge in [0.15, 0.2) is 6.61 Å². The van der Waals surface area contributed by atoms with Crippen LogP contribution < -0.4 is 14.8 Å². The van der Waals surface area contributed by atoms with Gasteiger partial charge in [0, 0.05) is 5.69 Å². The van der Waals surface area contributed by atoms with Gasteiger partial charge in [0.25, 0.3) is 5.91 Å². The van der Waals surface area contributed by atoms with E-state index in [-0.39, 0.29) is 17.2 Å². The van der Waals surface area contributed by atoms with E-state index in [2.05, 4.69) is 5.32 Å². The zero-order chi connectivity index (χ0) is 21.7. The van der Waals surface area contributed by atoms with Crippen molar-refractivity contribution in [2.24, 2.45) is 0 Å². The fourth-order valence-electron chi connectivity index (χ4n) is 2.42. The summed E-state index contributed by atoms with van der Waals surface area (Å²) < 4.78 is 76.4. The lowest BCUT2D eigenvalue weighted by Gasteiger charge is -2.16. The average molecular weight is 423 g/mol. The van der Waals surface area contributed by atoms with Crippen molar-refractivity contribution in [2.75, 3.05) is 11.9 Å².